The minimum Gasteiger partial charge on any atom is -0.493 e. The summed E-state index contributed by atoms with van der Waals surface area (Å²) < 4.78 is 35.9. The molecular formula is C17H20N2O5S. The second-order valence-electron chi connectivity index (χ2n) is 5.15. The number of hydrogen-bond donors (Lipinski definition) is 2. The molecule has 7 nitrogen and oxygen atoms in total. The van der Waals surface area contributed by atoms with Gasteiger partial charge in [0.1, 0.15) is 0 Å². The van der Waals surface area contributed by atoms with E-state index in [1.165, 1.54) is 38.4 Å². The normalized spacial score (nSPS) is 11.0. The molecule has 25 heavy (non-hydrogen) atoms. The maximum absolute atomic E-state index is 12.2. The van der Waals surface area contributed by atoms with Crippen LogP contribution in [-0.4, -0.2) is 35.6 Å². The van der Waals surface area contributed by atoms with Gasteiger partial charge in [-0.15, -0.1) is 0 Å². The van der Waals surface area contributed by atoms with Crippen LogP contribution in [0.1, 0.15) is 5.56 Å². The number of ether oxygens (including phenoxy) is 2. The molecule has 0 aliphatic carbocycles. The molecule has 2 aromatic carbocycles. The Hall–Kier alpha value is -2.58. The van der Waals surface area contributed by atoms with Crippen LogP contribution < -0.4 is 19.5 Å². The minimum atomic E-state index is -3.49. The Balaban J connectivity index is 2.05. The van der Waals surface area contributed by atoms with Crippen molar-refractivity contribution in [1.29, 1.82) is 0 Å². The zero-order chi connectivity index (χ0) is 18.4. The molecule has 0 saturated heterocycles. The van der Waals surface area contributed by atoms with E-state index >= 15 is 0 Å². The smallest absolute Gasteiger partial charge is 0.240 e. The lowest BCUT2D eigenvalue weighted by Crippen LogP contribution is -2.18. The molecule has 0 aromatic heterocycles. The average Bonchev–Trinajstić information content (AvgIpc) is 2.62. The van der Waals surface area contributed by atoms with Gasteiger partial charge in [0.05, 0.1) is 25.5 Å². The van der Waals surface area contributed by atoms with Crippen LogP contribution >= 0.6 is 0 Å². The van der Waals surface area contributed by atoms with E-state index in [2.05, 4.69) is 10.0 Å². The van der Waals surface area contributed by atoms with E-state index < -0.39 is 10.0 Å². The third kappa shape index (κ3) is 4.71. The molecule has 0 spiro atoms. The number of carbonyl (C=O) groups is 1. The van der Waals surface area contributed by atoms with Crippen molar-refractivity contribution in [1.82, 2.24) is 4.72 Å². The van der Waals surface area contributed by atoms with Crippen molar-refractivity contribution < 1.29 is 22.7 Å². The van der Waals surface area contributed by atoms with Crippen LogP contribution in [0.25, 0.3) is 0 Å². The van der Waals surface area contributed by atoms with E-state index in [1.807, 2.05) is 0 Å². The summed E-state index contributed by atoms with van der Waals surface area (Å²) in [7, 11) is 0.921. The average molecular weight is 364 g/mol. The minimum absolute atomic E-state index is 0.132. The summed E-state index contributed by atoms with van der Waals surface area (Å²) in [6.45, 7) is 0. The maximum atomic E-state index is 12.2. The molecule has 0 fully saturated rings. The summed E-state index contributed by atoms with van der Waals surface area (Å²) >= 11 is 0. The predicted octanol–water partition coefficient (Wildman–Crippen LogP) is 1.79. The molecule has 134 valence electrons. The SMILES string of the molecule is CNS(=O)(=O)c1ccc(NC(=O)Cc2ccc(OC)c(OC)c2)cc1. The lowest BCUT2D eigenvalue weighted by molar-refractivity contribution is -0.115. The first-order chi connectivity index (χ1) is 11.9. The number of carbonyl (C=O) groups excluding carboxylic acids is 1. The van der Waals surface area contributed by atoms with Gasteiger partial charge >= 0.3 is 0 Å². The Kier molecular flexibility index (Phi) is 6.00. The van der Waals surface area contributed by atoms with Gasteiger partial charge in [-0.25, -0.2) is 13.1 Å². The molecule has 0 aliphatic heterocycles. The molecule has 0 heterocycles. The van der Waals surface area contributed by atoms with Crippen LogP contribution in [0, 0.1) is 0 Å². The van der Waals surface area contributed by atoms with E-state index in [0.29, 0.717) is 17.2 Å². The second kappa shape index (κ2) is 8.00. The number of benzene rings is 2. The first-order valence-electron chi connectivity index (χ1n) is 7.44. The molecule has 0 unspecified atom stereocenters. The largest absolute Gasteiger partial charge is 0.493 e. The van der Waals surface area contributed by atoms with Crippen LogP contribution in [0.3, 0.4) is 0 Å². The lowest BCUT2D eigenvalue weighted by atomic mass is 10.1. The molecule has 2 rings (SSSR count). The van der Waals surface area contributed by atoms with Gasteiger partial charge < -0.3 is 14.8 Å². The quantitative estimate of drug-likeness (QED) is 0.781. The fourth-order valence-corrected chi connectivity index (χ4v) is 2.95. The van der Waals surface area contributed by atoms with Crippen molar-refractivity contribution in [3.05, 3.63) is 48.0 Å². The number of nitrogens with one attached hydrogen (secondary N) is 2. The van der Waals surface area contributed by atoms with Crippen molar-refractivity contribution in [2.24, 2.45) is 0 Å². The Morgan fingerprint density at radius 3 is 2.20 bits per heavy atom. The van der Waals surface area contributed by atoms with Gasteiger partial charge in [-0.3, -0.25) is 4.79 Å². The summed E-state index contributed by atoms with van der Waals surface area (Å²) in [5, 5.41) is 2.73. The molecule has 8 heteroatoms. The van der Waals surface area contributed by atoms with Gasteiger partial charge in [0.2, 0.25) is 15.9 Å². The maximum Gasteiger partial charge on any atom is 0.240 e. The third-order valence-electron chi connectivity index (χ3n) is 3.53. The van der Waals surface area contributed by atoms with Crippen molar-refractivity contribution in [2.45, 2.75) is 11.3 Å². The number of methoxy groups -OCH3 is 2. The standard InChI is InChI=1S/C17H20N2O5S/c1-18-25(21,22)14-7-5-13(6-8-14)19-17(20)11-12-4-9-15(23-2)16(10-12)24-3/h4-10,18H,11H2,1-3H3,(H,19,20). The second-order valence-corrected chi connectivity index (χ2v) is 7.03. The number of amides is 1. The number of anilines is 1. The topological polar surface area (TPSA) is 93.7 Å². The van der Waals surface area contributed by atoms with Gasteiger partial charge in [0.15, 0.2) is 11.5 Å². The highest BCUT2D eigenvalue weighted by Gasteiger charge is 2.12. The van der Waals surface area contributed by atoms with Crippen molar-refractivity contribution in [2.75, 3.05) is 26.6 Å². The van der Waals surface area contributed by atoms with Crippen LogP contribution in [-0.2, 0) is 21.2 Å². The molecule has 0 radical (unpaired) electrons. The molecule has 2 aromatic rings. The predicted molar refractivity (Wildman–Crippen MR) is 94.6 cm³/mol. The van der Waals surface area contributed by atoms with E-state index in [1.54, 1.807) is 25.3 Å². The first-order valence-corrected chi connectivity index (χ1v) is 8.92. The Bertz CT molecular complexity index is 848. The molecule has 1 amide bonds. The van der Waals surface area contributed by atoms with Crippen molar-refractivity contribution in [3.8, 4) is 11.5 Å². The van der Waals surface area contributed by atoms with Crippen molar-refractivity contribution >= 4 is 21.6 Å². The highest BCUT2D eigenvalue weighted by molar-refractivity contribution is 7.89. The number of rotatable bonds is 7. The van der Waals surface area contributed by atoms with Gasteiger partial charge in [-0.1, -0.05) is 6.07 Å². The summed E-state index contributed by atoms with van der Waals surface area (Å²) in [6, 6.07) is 11.2. The van der Waals surface area contributed by atoms with Crippen LogP contribution in [0.4, 0.5) is 5.69 Å². The first kappa shape index (κ1) is 18.8. The van der Waals surface area contributed by atoms with Gasteiger partial charge in [0, 0.05) is 5.69 Å². The zero-order valence-corrected chi connectivity index (χ0v) is 15.0. The van der Waals surface area contributed by atoms with E-state index in [-0.39, 0.29) is 17.2 Å². The Morgan fingerprint density at radius 2 is 1.64 bits per heavy atom. The fraction of sp³-hybridized carbons (Fsp3) is 0.235. The Morgan fingerprint density at radius 1 is 1.00 bits per heavy atom. The monoisotopic (exact) mass is 364 g/mol. The molecule has 0 bridgehead atoms. The summed E-state index contributed by atoms with van der Waals surface area (Å²) in [5.74, 6) is 0.916. The molecular weight excluding hydrogens is 344 g/mol. The molecule has 2 N–H and O–H groups in total. The Labute approximate surface area is 147 Å². The van der Waals surface area contributed by atoms with Gasteiger partial charge in [-0.2, -0.15) is 0 Å². The summed E-state index contributed by atoms with van der Waals surface area (Å²) in [4.78, 5) is 12.3. The third-order valence-corrected chi connectivity index (χ3v) is 4.96. The molecule has 0 atom stereocenters. The van der Waals surface area contributed by atoms with E-state index in [0.717, 1.165) is 5.56 Å². The van der Waals surface area contributed by atoms with Gasteiger partial charge in [-0.05, 0) is 49.0 Å². The van der Waals surface area contributed by atoms with Crippen LogP contribution in [0.2, 0.25) is 0 Å². The van der Waals surface area contributed by atoms with E-state index in [4.69, 9.17) is 9.47 Å². The molecule has 0 aliphatic rings. The van der Waals surface area contributed by atoms with Gasteiger partial charge in [0.25, 0.3) is 0 Å². The van der Waals surface area contributed by atoms with Crippen LogP contribution in [0.15, 0.2) is 47.4 Å². The number of sulfonamides is 1. The lowest BCUT2D eigenvalue weighted by Gasteiger charge is -2.10. The molecule has 0 saturated carbocycles. The fourth-order valence-electron chi connectivity index (χ4n) is 2.22. The van der Waals surface area contributed by atoms with E-state index in [9.17, 15) is 13.2 Å². The van der Waals surface area contributed by atoms with Crippen LogP contribution in [0.5, 0.6) is 11.5 Å². The number of hydrogen-bond acceptors (Lipinski definition) is 5. The highest BCUT2D eigenvalue weighted by atomic mass is 32.2. The summed E-state index contributed by atoms with van der Waals surface area (Å²) in [5.41, 5.74) is 1.28. The highest BCUT2D eigenvalue weighted by Crippen LogP contribution is 2.27. The summed E-state index contributed by atoms with van der Waals surface area (Å²) in [6.07, 6.45) is 0.150. The zero-order valence-electron chi connectivity index (χ0n) is 14.2. The van der Waals surface area contributed by atoms with Crippen molar-refractivity contribution in [3.63, 3.8) is 0 Å².